The summed E-state index contributed by atoms with van der Waals surface area (Å²) in [7, 11) is 1.59. The first-order valence-electron chi connectivity index (χ1n) is 8.60. The highest BCUT2D eigenvalue weighted by Crippen LogP contribution is 2.25. The molecule has 7 nitrogen and oxygen atoms in total. The van der Waals surface area contributed by atoms with Crippen LogP contribution in [0.1, 0.15) is 26.7 Å². The lowest BCUT2D eigenvalue weighted by Crippen LogP contribution is -2.43. The second-order valence-electron chi connectivity index (χ2n) is 6.28. The summed E-state index contributed by atoms with van der Waals surface area (Å²) in [5.74, 6) is 0.687. The van der Waals surface area contributed by atoms with Crippen LogP contribution in [0.2, 0.25) is 0 Å². The molecule has 0 bridgehead atoms. The second kappa shape index (κ2) is 9.27. The monoisotopic (exact) mass is 349 g/mol. The number of carbonyl (C=O) groups is 2. The van der Waals surface area contributed by atoms with Gasteiger partial charge in [0, 0.05) is 37.9 Å². The van der Waals surface area contributed by atoms with Crippen LogP contribution in [0, 0.1) is 0 Å². The molecule has 1 aliphatic rings. The Labute approximate surface area is 148 Å². The summed E-state index contributed by atoms with van der Waals surface area (Å²) < 4.78 is 10.6. The molecular formula is C18H27N3O4. The first kappa shape index (κ1) is 19.1. The van der Waals surface area contributed by atoms with Gasteiger partial charge < -0.3 is 25.0 Å². The summed E-state index contributed by atoms with van der Waals surface area (Å²) in [5.41, 5.74) is 0.778. The normalized spacial score (nSPS) is 17.0. The molecule has 1 fully saturated rings. The molecule has 0 spiro atoms. The van der Waals surface area contributed by atoms with Gasteiger partial charge >= 0.3 is 6.03 Å². The summed E-state index contributed by atoms with van der Waals surface area (Å²) in [5, 5.41) is 5.64. The highest BCUT2D eigenvalue weighted by Gasteiger charge is 2.31. The summed E-state index contributed by atoms with van der Waals surface area (Å²) in [4.78, 5) is 25.8. The van der Waals surface area contributed by atoms with E-state index in [1.807, 2.05) is 38.1 Å². The van der Waals surface area contributed by atoms with E-state index >= 15 is 0 Å². The predicted molar refractivity (Wildman–Crippen MR) is 96.0 cm³/mol. The van der Waals surface area contributed by atoms with E-state index in [1.165, 1.54) is 0 Å². The fraction of sp³-hybridized carbons (Fsp3) is 0.556. The predicted octanol–water partition coefficient (Wildman–Crippen LogP) is 1.91. The third-order valence-corrected chi connectivity index (χ3v) is 3.88. The Morgan fingerprint density at radius 1 is 1.40 bits per heavy atom. The van der Waals surface area contributed by atoms with Crippen LogP contribution in [-0.2, 0) is 9.53 Å². The van der Waals surface area contributed by atoms with Gasteiger partial charge in [-0.2, -0.15) is 0 Å². The number of rotatable bonds is 8. The molecule has 1 aliphatic heterocycles. The number of urea groups is 1. The Morgan fingerprint density at radius 3 is 2.92 bits per heavy atom. The van der Waals surface area contributed by atoms with Crippen molar-refractivity contribution >= 4 is 17.6 Å². The van der Waals surface area contributed by atoms with Crippen LogP contribution in [0.15, 0.2) is 24.3 Å². The minimum Gasteiger partial charge on any atom is -0.497 e. The topological polar surface area (TPSA) is 79.9 Å². The van der Waals surface area contributed by atoms with Gasteiger partial charge in [-0.15, -0.1) is 0 Å². The second-order valence-corrected chi connectivity index (χ2v) is 6.28. The summed E-state index contributed by atoms with van der Waals surface area (Å²) in [6.07, 6.45) is 1.24. The number of nitrogens with zero attached hydrogens (tertiary/aromatic N) is 1. The van der Waals surface area contributed by atoms with E-state index in [9.17, 15) is 9.59 Å². The van der Waals surface area contributed by atoms with E-state index in [-0.39, 0.29) is 24.1 Å². The molecule has 1 atom stereocenters. The number of hydrogen-bond acceptors (Lipinski definition) is 4. The molecule has 1 saturated heterocycles. The highest BCUT2D eigenvalue weighted by atomic mass is 16.5. The number of ether oxygens (including phenoxy) is 2. The zero-order chi connectivity index (χ0) is 18.2. The average molecular weight is 349 g/mol. The first-order chi connectivity index (χ1) is 12.0. The van der Waals surface area contributed by atoms with Gasteiger partial charge in [-0.25, -0.2) is 4.79 Å². The summed E-state index contributed by atoms with van der Waals surface area (Å²) >= 11 is 0. The van der Waals surface area contributed by atoms with Gasteiger partial charge in [0.1, 0.15) is 5.75 Å². The van der Waals surface area contributed by atoms with Crippen molar-refractivity contribution in [2.75, 3.05) is 31.7 Å². The third kappa shape index (κ3) is 5.94. The van der Waals surface area contributed by atoms with Crippen molar-refractivity contribution in [3.05, 3.63) is 24.3 Å². The first-order valence-corrected chi connectivity index (χ1v) is 8.60. The van der Waals surface area contributed by atoms with Crippen LogP contribution in [0.3, 0.4) is 0 Å². The molecule has 7 heteroatoms. The zero-order valence-electron chi connectivity index (χ0n) is 15.1. The van der Waals surface area contributed by atoms with E-state index in [4.69, 9.17) is 9.47 Å². The molecule has 1 aromatic carbocycles. The molecule has 2 rings (SSSR count). The van der Waals surface area contributed by atoms with Crippen molar-refractivity contribution in [3.8, 4) is 5.75 Å². The summed E-state index contributed by atoms with van der Waals surface area (Å²) in [6.45, 7) is 5.56. The minimum atomic E-state index is -0.255. The van der Waals surface area contributed by atoms with Gasteiger partial charge in [-0.1, -0.05) is 6.07 Å². The Hall–Kier alpha value is -2.28. The van der Waals surface area contributed by atoms with Crippen LogP contribution in [0.5, 0.6) is 5.75 Å². The zero-order valence-corrected chi connectivity index (χ0v) is 15.1. The van der Waals surface area contributed by atoms with Gasteiger partial charge in [-0.3, -0.25) is 4.79 Å². The number of carbonyl (C=O) groups excluding carboxylic acids is 2. The molecule has 25 heavy (non-hydrogen) atoms. The molecule has 0 saturated carbocycles. The van der Waals surface area contributed by atoms with E-state index in [0.29, 0.717) is 31.9 Å². The number of anilines is 1. The van der Waals surface area contributed by atoms with Gasteiger partial charge in [0.05, 0.1) is 19.3 Å². The summed E-state index contributed by atoms with van der Waals surface area (Å²) in [6, 6.07) is 6.89. The lowest BCUT2D eigenvalue weighted by atomic mass is 10.2. The highest BCUT2D eigenvalue weighted by molar-refractivity contribution is 5.97. The largest absolute Gasteiger partial charge is 0.497 e. The van der Waals surface area contributed by atoms with Crippen molar-refractivity contribution in [1.82, 2.24) is 10.6 Å². The molecule has 0 radical (unpaired) electrons. The molecule has 1 heterocycles. The van der Waals surface area contributed by atoms with Crippen molar-refractivity contribution < 1.29 is 19.1 Å². The SMILES string of the molecule is COc1cccc(N2C[C@@H](NC(=O)NCCCOC(C)C)CC2=O)c1. The van der Waals surface area contributed by atoms with Crippen molar-refractivity contribution in [2.45, 2.75) is 38.8 Å². The molecule has 0 aliphatic carbocycles. The molecule has 0 unspecified atom stereocenters. The molecule has 138 valence electrons. The lowest BCUT2D eigenvalue weighted by Gasteiger charge is -2.18. The van der Waals surface area contributed by atoms with Crippen LogP contribution < -0.4 is 20.3 Å². The number of hydrogen-bond donors (Lipinski definition) is 2. The molecule has 1 aromatic rings. The Balaban J connectivity index is 1.77. The number of amides is 3. The standard InChI is InChI=1S/C18H27N3O4/c1-13(2)25-9-5-8-19-18(23)20-14-10-17(22)21(12-14)15-6-4-7-16(11-15)24-3/h4,6-7,11,13-14H,5,8-10,12H2,1-3H3,(H2,19,20,23)/t14-/m0/s1. The maximum absolute atomic E-state index is 12.2. The van der Waals surface area contributed by atoms with E-state index in [1.54, 1.807) is 12.0 Å². The Kier molecular flexibility index (Phi) is 7.06. The average Bonchev–Trinajstić information content (AvgIpc) is 2.94. The minimum absolute atomic E-state index is 0.0103. The van der Waals surface area contributed by atoms with Crippen molar-refractivity contribution in [2.24, 2.45) is 0 Å². The van der Waals surface area contributed by atoms with E-state index in [0.717, 1.165) is 12.1 Å². The van der Waals surface area contributed by atoms with Gasteiger partial charge in [-0.05, 0) is 32.4 Å². The number of methoxy groups -OCH3 is 1. The van der Waals surface area contributed by atoms with E-state index < -0.39 is 0 Å². The number of benzene rings is 1. The van der Waals surface area contributed by atoms with Crippen LogP contribution in [0.4, 0.5) is 10.5 Å². The number of nitrogens with one attached hydrogen (secondary N) is 2. The fourth-order valence-electron chi connectivity index (χ4n) is 2.66. The molecule has 0 aromatic heterocycles. The van der Waals surface area contributed by atoms with Crippen LogP contribution in [-0.4, -0.2) is 50.9 Å². The van der Waals surface area contributed by atoms with Gasteiger partial charge in [0.15, 0.2) is 0 Å². The Bertz CT molecular complexity index is 591. The van der Waals surface area contributed by atoms with Gasteiger partial charge in [0.25, 0.3) is 0 Å². The fourth-order valence-corrected chi connectivity index (χ4v) is 2.66. The molecule has 2 N–H and O–H groups in total. The van der Waals surface area contributed by atoms with E-state index in [2.05, 4.69) is 10.6 Å². The molecular weight excluding hydrogens is 322 g/mol. The quantitative estimate of drug-likeness (QED) is 0.703. The smallest absolute Gasteiger partial charge is 0.315 e. The van der Waals surface area contributed by atoms with Crippen molar-refractivity contribution in [1.29, 1.82) is 0 Å². The Morgan fingerprint density at radius 2 is 2.20 bits per heavy atom. The van der Waals surface area contributed by atoms with Crippen molar-refractivity contribution in [3.63, 3.8) is 0 Å². The lowest BCUT2D eigenvalue weighted by molar-refractivity contribution is -0.117. The third-order valence-electron chi connectivity index (χ3n) is 3.88. The maximum atomic E-state index is 12.2. The van der Waals surface area contributed by atoms with Crippen LogP contribution >= 0.6 is 0 Å². The maximum Gasteiger partial charge on any atom is 0.315 e. The molecule has 3 amide bonds. The van der Waals surface area contributed by atoms with Gasteiger partial charge in [0.2, 0.25) is 5.91 Å². The van der Waals surface area contributed by atoms with Crippen LogP contribution in [0.25, 0.3) is 0 Å².